The smallest absolute Gasteiger partial charge is 0.293 e. The van der Waals surface area contributed by atoms with Crippen molar-refractivity contribution >= 4 is 40.6 Å². The molecule has 0 aliphatic carbocycles. The van der Waals surface area contributed by atoms with Crippen molar-refractivity contribution in [1.82, 2.24) is 4.90 Å². The molecule has 2 heterocycles. The molecule has 2 amide bonds. The van der Waals surface area contributed by atoms with E-state index in [0.29, 0.717) is 33.6 Å². The number of nitrogens with zero attached hydrogens (tertiary/aromatic N) is 1. The fourth-order valence-electron chi connectivity index (χ4n) is 3.67. The van der Waals surface area contributed by atoms with Crippen molar-refractivity contribution in [3.05, 3.63) is 92.8 Å². The lowest BCUT2D eigenvalue weighted by Gasteiger charge is -2.14. The molecular formula is C26H20ClNO5S. The number of ether oxygens (including phenoxy) is 3. The van der Waals surface area contributed by atoms with E-state index in [1.165, 1.54) is 10.5 Å². The molecule has 0 N–H and O–H groups in total. The van der Waals surface area contributed by atoms with E-state index >= 15 is 0 Å². The van der Waals surface area contributed by atoms with Crippen LogP contribution < -0.4 is 14.2 Å². The molecule has 0 bridgehead atoms. The van der Waals surface area contributed by atoms with Gasteiger partial charge in [-0.25, -0.2) is 0 Å². The molecule has 172 valence electrons. The summed E-state index contributed by atoms with van der Waals surface area (Å²) in [6, 6.07) is 18.9. The molecule has 0 saturated carbocycles. The standard InChI is InChI=1S/C26H20ClNO5S/c1-16-3-2-4-18(9-16)14-31-20-7-5-17(6-8-20)10-24-25(29)28(26(30)34-24)13-19-11-22-23(12-21(19)27)33-15-32-22/h2-12H,13-15H2,1H3/b24-10+. The number of carbonyl (C=O) groups is 2. The van der Waals surface area contributed by atoms with Crippen molar-refractivity contribution < 1.29 is 23.8 Å². The Hall–Kier alpha value is -3.42. The number of carbonyl (C=O) groups excluding carboxylic acids is 2. The zero-order valence-electron chi connectivity index (χ0n) is 18.2. The summed E-state index contributed by atoms with van der Waals surface area (Å²) in [4.78, 5) is 27.0. The Morgan fingerprint density at radius 1 is 1.06 bits per heavy atom. The molecule has 0 spiro atoms. The molecule has 3 aromatic rings. The van der Waals surface area contributed by atoms with Crippen molar-refractivity contribution in [2.24, 2.45) is 0 Å². The molecule has 2 aliphatic rings. The average molecular weight is 494 g/mol. The van der Waals surface area contributed by atoms with Crippen molar-refractivity contribution in [2.75, 3.05) is 6.79 Å². The van der Waals surface area contributed by atoms with Crippen molar-refractivity contribution in [3.8, 4) is 17.2 Å². The Labute approximate surface area is 206 Å². The van der Waals surface area contributed by atoms with Crippen LogP contribution in [0.15, 0.2) is 65.6 Å². The highest BCUT2D eigenvalue weighted by Crippen LogP contribution is 2.39. The molecule has 0 unspecified atom stereocenters. The predicted molar refractivity (Wildman–Crippen MR) is 131 cm³/mol. The highest BCUT2D eigenvalue weighted by Gasteiger charge is 2.35. The summed E-state index contributed by atoms with van der Waals surface area (Å²) >= 11 is 7.23. The van der Waals surface area contributed by atoms with Gasteiger partial charge in [0.05, 0.1) is 11.4 Å². The number of thioether (sulfide) groups is 1. The van der Waals surface area contributed by atoms with E-state index in [0.717, 1.165) is 28.6 Å². The van der Waals surface area contributed by atoms with Crippen LogP contribution >= 0.6 is 23.4 Å². The molecule has 0 aromatic heterocycles. The van der Waals surface area contributed by atoms with Gasteiger partial charge in [0.15, 0.2) is 11.5 Å². The number of rotatable bonds is 6. The normalized spacial score (nSPS) is 15.9. The predicted octanol–water partition coefficient (Wildman–Crippen LogP) is 6.19. The molecule has 3 aromatic carbocycles. The fraction of sp³-hybridized carbons (Fsp3) is 0.154. The van der Waals surface area contributed by atoms with E-state index in [2.05, 4.69) is 6.07 Å². The van der Waals surface area contributed by atoms with Gasteiger partial charge in [-0.15, -0.1) is 0 Å². The minimum absolute atomic E-state index is 0.0587. The highest BCUT2D eigenvalue weighted by atomic mass is 35.5. The Balaban J connectivity index is 1.25. The SMILES string of the molecule is Cc1cccc(COc2ccc(/C=C3/SC(=O)N(Cc4cc5c(cc4Cl)OCO5)C3=O)cc2)c1. The summed E-state index contributed by atoms with van der Waals surface area (Å²) < 4.78 is 16.5. The van der Waals surface area contributed by atoms with Crippen LogP contribution in [0.2, 0.25) is 5.02 Å². The fourth-order valence-corrected chi connectivity index (χ4v) is 4.72. The number of hydrogen-bond donors (Lipinski definition) is 0. The number of amides is 2. The van der Waals surface area contributed by atoms with Crippen molar-refractivity contribution in [2.45, 2.75) is 20.1 Å². The van der Waals surface area contributed by atoms with E-state index < -0.39 is 0 Å². The van der Waals surface area contributed by atoms with Crippen LogP contribution in [0.1, 0.15) is 22.3 Å². The van der Waals surface area contributed by atoms with E-state index in [4.69, 9.17) is 25.8 Å². The van der Waals surface area contributed by atoms with Gasteiger partial charge in [0, 0.05) is 11.1 Å². The Bertz CT molecular complexity index is 1310. The number of aryl methyl sites for hydroxylation is 1. The topological polar surface area (TPSA) is 65.1 Å². The molecule has 2 aliphatic heterocycles. The number of hydrogen-bond acceptors (Lipinski definition) is 6. The molecular weight excluding hydrogens is 474 g/mol. The molecule has 1 saturated heterocycles. The number of halogens is 1. The van der Waals surface area contributed by atoms with Gasteiger partial charge in [0.1, 0.15) is 12.4 Å². The van der Waals surface area contributed by atoms with Gasteiger partial charge in [0.2, 0.25) is 6.79 Å². The third-order valence-electron chi connectivity index (χ3n) is 5.41. The van der Waals surface area contributed by atoms with Crippen molar-refractivity contribution in [1.29, 1.82) is 0 Å². The monoisotopic (exact) mass is 493 g/mol. The summed E-state index contributed by atoms with van der Waals surface area (Å²) in [5.41, 5.74) is 3.70. The lowest BCUT2D eigenvalue weighted by molar-refractivity contribution is -0.123. The third kappa shape index (κ3) is 4.76. The van der Waals surface area contributed by atoms with E-state index in [-0.39, 0.29) is 24.5 Å². The summed E-state index contributed by atoms with van der Waals surface area (Å²) in [6.07, 6.45) is 1.70. The Morgan fingerprint density at radius 3 is 2.59 bits per heavy atom. The maximum absolute atomic E-state index is 12.9. The molecule has 8 heteroatoms. The second-order valence-corrected chi connectivity index (χ2v) is 9.31. The first-order valence-corrected chi connectivity index (χ1v) is 11.8. The van der Waals surface area contributed by atoms with Crippen LogP contribution in [-0.2, 0) is 17.9 Å². The van der Waals surface area contributed by atoms with Crippen LogP contribution in [0.4, 0.5) is 4.79 Å². The maximum atomic E-state index is 12.9. The van der Waals surface area contributed by atoms with Gasteiger partial charge in [-0.3, -0.25) is 14.5 Å². The largest absolute Gasteiger partial charge is 0.489 e. The lowest BCUT2D eigenvalue weighted by Crippen LogP contribution is -2.27. The molecule has 6 nitrogen and oxygen atoms in total. The summed E-state index contributed by atoms with van der Waals surface area (Å²) in [6.45, 7) is 2.70. The Morgan fingerprint density at radius 2 is 1.82 bits per heavy atom. The number of benzene rings is 3. The number of fused-ring (bicyclic) bond motifs is 1. The van der Waals surface area contributed by atoms with Gasteiger partial charge >= 0.3 is 0 Å². The van der Waals surface area contributed by atoms with Crippen molar-refractivity contribution in [3.63, 3.8) is 0 Å². The second kappa shape index (κ2) is 9.44. The van der Waals surface area contributed by atoms with Crippen LogP contribution in [0.25, 0.3) is 6.08 Å². The summed E-state index contributed by atoms with van der Waals surface area (Å²) in [5, 5.41) is 0.0663. The Kier molecular flexibility index (Phi) is 6.22. The van der Waals surface area contributed by atoms with Gasteiger partial charge in [-0.2, -0.15) is 0 Å². The zero-order valence-corrected chi connectivity index (χ0v) is 19.8. The van der Waals surface area contributed by atoms with Gasteiger partial charge in [0.25, 0.3) is 11.1 Å². The molecule has 0 atom stereocenters. The lowest BCUT2D eigenvalue weighted by atomic mass is 10.1. The highest BCUT2D eigenvalue weighted by molar-refractivity contribution is 8.18. The first-order valence-electron chi connectivity index (χ1n) is 10.6. The molecule has 1 fully saturated rings. The number of imide groups is 1. The molecule has 5 rings (SSSR count). The van der Waals surface area contributed by atoms with Crippen LogP contribution in [0.5, 0.6) is 17.2 Å². The molecule has 0 radical (unpaired) electrons. The van der Waals surface area contributed by atoms with Crippen LogP contribution in [0.3, 0.4) is 0 Å². The van der Waals surface area contributed by atoms with Gasteiger partial charge in [-0.1, -0.05) is 53.6 Å². The minimum Gasteiger partial charge on any atom is -0.489 e. The van der Waals surface area contributed by atoms with E-state index in [9.17, 15) is 9.59 Å². The first-order chi connectivity index (χ1) is 16.5. The van der Waals surface area contributed by atoms with Crippen LogP contribution in [-0.4, -0.2) is 22.8 Å². The molecule has 34 heavy (non-hydrogen) atoms. The maximum Gasteiger partial charge on any atom is 0.293 e. The van der Waals surface area contributed by atoms with E-state index in [1.807, 2.05) is 49.4 Å². The second-order valence-electron chi connectivity index (χ2n) is 7.91. The zero-order chi connectivity index (χ0) is 23.7. The minimum atomic E-state index is -0.358. The van der Waals surface area contributed by atoms with Gasteiger partial charge < -0.3 is 14.2 Å². The quantitative estimate of drug-likeness (QED) is 0.381. The third-order valence-corrected chi connectivity index (χ3v) is 6.67. The first kappa shape index (κ1) is 22.4. The summed E-state index contributed by atoms with van der Waals surface area (Å²) in [7, 11) is 0. The summed E-state index contributed by atoms with van der Waals surface area (Å²) in [5.74, 6) is 1.47. The van der Waals surface area contributed by atoms with E-state index in [1.54, 1.807) is 18.2 Å². The van der Waals surface area contributed by atoms with Gasteiger partial charge in [-0.05, 0) is 59.7 Å². The van der Waals surface area contributed by atoms with Crippen LogP contribution in [0, 0.1) is 6.92 Å². The average Bonchev–Trinajstić information content (AvgIpc) is 3.38.